The van der Waals surface area contributed by atoms with Gasteiger partial charge < -0.3 is 5.73 Å². The molecule has 98 valence electrons. The number of carbonyl (C=O) groups excluding carboxylic acids is 2. The summed E-state index contributed by atoms with van der Waals surface area (Å²) in [7, 11) is 0. The van der Waals surface area contributed by atoms with Gasteiger partial charge >= 0.3 is 6.03 Å². The molecule has 0 radical (unpaired) electrons. The zero-order chi connectivity index (χ0) is 13.7. The maximum absolute atomic E-state index is 11.9. The minimum Gasteiger partial charge on any atom is -0.351 e. The van der Waals surface area contributed by atoms with Crippen molar-refractivity contribution in [2.45, 2.75) is 30.9 Å². The summed E-state index contributed by atoms with van der Waals surface area (Å²) >= 11 is 1.44. The van der Waals surface area contributed by atoms with Crippen molar-refractivity contribution >= 4 is 23.7 Å². The predicted molar refractivity (Wildman–Crippen MR) is 73.4 cm³/mol. The number of nitrogens with one attached hydrogen (secondary N) is 1. The molecule has 0 aliphatic heterocycles. The first-order chi connectivity index (χ1) is 8.40. The lowest BCUT2D eigenvalue weighted by atomic mass is 10.1. The van der Waals surface area contributed by atoms with Crippen LogP contribution in [-0.2, 0) is 4.79 Å². The first kappa shape index (κ1) is 14.6. The number of urea groups is 1. The fourth-order valence-electron chi connectivity index (χ4n) is 1.52. The number of amides is 3. The van der Waals surface area contributed by atoms with Crippen LogP contribution >= 0.6 is 11.8 Å². The molecule has 1 aromatic rings. The van der Waals surface area contributed by atoms with Crippen molar-refractivity contribution in [2.75, 3.05) is 0 Å². The van der Waals surface area contributed by atoms with Crippen LogP contribution in [0.25, 0.3) is 0 Å². The molecule has 3 N–H and O–H groups in total. The second kappa shape index (κ2) is 6.44. The van der Waals surface area contributed by atoms with Crippen molar-refractivity contribution in [1.82, 2.24) is 5.32 Å². The molecular formula is C13H18N2O2S. The van der Waals surface area contributed by atoms with Gasteiger partial charge in [-0.1, -0.05) is 31.5 Å². The van der Waals surface area contributed by atoms with Gasteiger partial charge in [0.1, 0.15) is 0 Å². The van der Waals surface area contributed by atoms with E-state index in [0.717, 1.165) is 10.5 Å². The number of carbonyl (C=O) groups is 2. The van der Waals surface area contributed by atoms with E-state index >= 15 is 0 Å². The molecule has 0 saturated heterocycles. The topological polar surface area (TPSA) is 72.2 Å². The van der Waals surface area contributed by atoms with Crippen molar-refractivity contribution in [3.8, 4) is 0 Å². The quantitative estimate of drug-likeness (QED) is 0.821. The lowest BCUT2D eigenvalue weighted by Crippen LogP contribution is -2.42. The number of primary amides is 1. The van der Waals surface area contributed by atoms with Gasteiger partial charge in [-0.25, -0.2) is 4.79 Å². The maximum Gasteiger partial charge on any atom is 0.318 e. The molecule has 5 heteroatoms. The fourth-order valence-corrected chi connectivity index (χ4v) is 2.66. The normalized spacial score (nSPS) is 12.2. The van der Waals surface area contributed by atoms with Crippen molar-refractivity contribution < 1.29 is 9.59 Å². The predicted octanol–water partition coefficient (Wildman–Crippen LogP) is 2.31. The average Bonchev–Trinajstić information content (AvgIpc) is 2.24. The van der Waals surface area contributed by atoms with E-state index < -0.39 is 6.03 Å². The maximum atomic E-state index is 11.9. The van der Waals surface area contributed by atoms with Crippen LogP contribution in [0.15, 0.2) is 29.2 Å². The largest absolute Gasteiger partial charge is 0.351 e. The molecule has 1 atom stereocenters. The van der Waals surface area contributed by atoms with Crippen LogP contribution in [0.1, 0.15) is 19.4 Å². The van der Waals surface area contributed by atoms with Gasteiger partial charge in [-0.3, -0.25) is 10.1 Å². The van der Waals surface area contributed by atoms with Crippen LogP contribution in [0, 0.1) is 12.8 Å². The molecule has 0 aliphatic rings. The van der Waals surface area contributed by atoms with Gasteiger partial charge in [0.05, 0.1) is 5.25 Å². The number of hydrogen-bond donors (Lipinski definition) is 2. The Morgan fingerprint density at radius 2 is 2.00 bits per heavy atom. The van der Waals surface area contributed by atoms with Crippen LogP contribution < -0.4 is 11.1 Å². The third-order valence-electron chi connectivity index (χ3n) is 2.36. The first-order valence-electron chi connectivity index (χ1n) is 5.73. The van der Waals surface area contributed by atoms with Crippen LogP contribution in [0.5, 0.6) is 0 Å². The van der Waals surface area contributed by atoms with Crippen LogP contribution in [0.2, 0.25) is 0 Å². The van der Waals surface area contributed by atoms with Crippen molar-refractivity contribution in [3.63, 3.8) is 0 Å². The number of nitrogens with two attached hydrogens (primary N) is 1. The summed E-state index contributed by atoms with van der Waals surface area (Å²) in [5, 5.41) is 1.80. The van der Waals surface area contributed by atoms with Gasteiger partial charge in [0.25, 0.3) is 0 Å². The molecule has 0 unspecified atom stereocenters. The van der Waals surface area contributed by atoms with E-state index in [1.807, 2.05) is 45.0 Å². The summed E-state index contributed by atoms with van der Waals surface area (Å²) in [6.45, 7) is 5.87. The zero-order valence-electron chi connectivity index (χ0n) is 10.8. The average molecular weight is 266 g/mol. The van der Waals surface area contributed by atoms with Gasteiger partial charge in [0.2, 0.25) is 5.91 Å². The van der Waals surface area contributed by atoms with Crippen molar-refractivity contribution in [1.29, 1.82) is 0 Å². The molecular weight excluding hydrogens is 248 g/mol. The van der Waals surface area contributed by atoms with E-state index in [-0.39, 0.29) is 17.1 Å². The minimum atomic E-state index is -0.810. The number of aryl methyl sites for hydroxylation is 1. The SMILES string of the molecule is Cc1cccc(S[C@@H](C(=O)NC(N)=O)C(C)C)c1. The first-order valence-corrected chi connectivity index (χ1v) is 6.61. The highest BCUT2D eigenvalue weighted by molar-refractivity contribution is 8.00. The van der Waals surface area contributed by atoms with Crippen LogP contribution in [-0.4, -0.2) is 17.2 Å². The fraction of sp³-hybridized carbons (Fsp3) is 0.385. The van der Waals surface area contributed by atoms with Gasteiger partial charge in [-0.05, 0) is 25.0 Å². The third kappa shape index (κ3) is 4.41. The molecule has 0 aliphatic carbocycles. The Kier molecular flexibility index (Phi) is 5.22. The molecule has 0 bridgehead atoms. The van der Waals surface area contributed by atoms with Gasteiger partial charge in [-0.2, -0.15) is 0 Å². The van der Waals surface area contributed by atoms with E-state index in [4.69, 9.17) is 5.73 Å². The third-order valence-corrected chi connectivity index (χ3v) is 3.90. The molecule has 1 rings (SSSR count). The summed E-state index contributed by atoms with van der Waals surface area (Å²) in [4.78, 5) is 23.6. The van der Waals surface area contributed by atoms with E-state index in [1.54, 1.807) is 0 Å². The second-order valence-electron chi connectivity index (χ2n) is 4.45. The Balaban J connectivity index is 2.80. The number of hydrogen-bond acceptors (Lipinski definition) is 3. The van der Waals surface area contributed by atoms with E-state index in [9.17, 15) is 9.59 Å². The van der Waals surface area contributed by atoms with E-state index in [2.05, 4.69) is 5.32 Å². The summed E-state index contributed by atoms with van der Waals surface area (Å²) in [5.41, 5.74) is 6.11. The molecule has 0 heterocycles. The zero-order valence-corrected chi connectivity index (χ0v) is 11.6. The number of thioether (sulfide) groups is 1. The molecule has 0 fully saturated rings. The Hall–Kier alpha value is -1.49. The van der Waals surface area contributed by atoms with Gasteiger partial charge in [0.15, 0.2) is 0 Å². The number of rotatable bonds is 4. The highest BCUT2D eigenvalue weighted by Gasteiger charge is 2.24. The molecule has 0 saturated carbocycles. The van der Waals surface area contributed by atoms with Crippen LogP contribution in [0.4, 0.5) is 4.79 Å². The van der Waals surface area contributed by atoms with E-state index in [1.165, 1.54) is 11.8 Å². The lowest BCUT2D eigenvalue weighted by molar-refractivity contribution is -0.120. The summed E-state index contributed by atoms with van der Waals surface area (Å²) < 4.78 is 0. The highest BCUT2D eigenvalue weighted by atomic mass is 32.2. The smallest absolute Gasteiger partial charge is 0.318 e. The summed E-state index contributed by atoms with van der Waals surface area (Å²) in [6.07, 6.45) is 0. The van der Waals surface area contributed by atoms with E-state index in [0.29, 0.717) is 0 Å². The monoisotopic (exact) mass is 266 g/mol. The molecule has 4 nitrogen and oxygen atoms in total. The Labute approximate surface area is 111 Å². The summed E-state index contributed by atoms with van der Waals surface area (Å²) in [6, 6.07) is 7.09. The summed E-state index contributed by atoms with van der Waals surface area (Å²) in [5.74, 6) is -0.237. The molecule has 0 spiro atoms. The number of benzene rings is 1. The van der Waals surface area contributed by atoms with Crippen LogP contribution in [0.3, 0.4) is 0 Å². The van der Waals surface area contributed by atoms with Gasteiger partial charge in [0, 0.05) is 4.90 Å². The highest BCUT2D eigenvalue weighted by Crippen LogP contribution is 2.28. The van der Waals surface area contributed by atoms with Gasteiger partial charge in [-0.15, -0.1) is 11.8 Å². The Bertz CT molecular complexity index is 446. The van der Waals surface area contributed by atoms with Crippen molar-refractivity contribution in [2.24, 2.45) is 11.7 Å². The molecule has 18 heavy (non-hydrogen) atoms. The standard InChI is InChI=1S/C13H18N2O2S/c1-8(2)11(12(16)15-13(14)17)18-10-6-4-5-9(3)7-10/h4-8,11H,1-3H3,(H3,14,15,16,17)/t11-/m1/s1. The second-order valence-corrected chi connectivity index (χ2v) is 5.67. The lowest BCUT2D eigenvalue weighted by Gasteiger charge is -2.18. The molecule has 1 aromatic carbocycles. The Morgan fingerprint density at radius 1 is 1.33 bits per heavy atom. The molecule has 0 aromatic heterocycles. The van der Waals surface area contributed by atoms with Crippen molar-refractivity contribution in [3.05, 3.63) is 29.8 Å². The number of imide groups is 1. The molecule has 3 amide bonds. The minimum absolute atomic E-state index is 0.106. The Morgan fingerprint density at radius 3 is 2.50 bits per heavy atom.